The van der Waals surface area contributed by atoms with Crippen LogP contribution in [-0.4, -0.2) is 23.4 Å². The fraction of sp³-hybridized carbons (Fsp3) is 0.0714. The lowest BCUT2D eigenvalue weighted by atomic mass is 10.2. The largest absolute Gasteiger partial charge is 0.508 e. The number of nitrogens with zero attached hydrogens (tertiary/aromatic N) is 1. The van der Waals surface area contributed by atoms with Gasteiger partial charge in [0.05, 0.1) is 11.4 Å². The molecule has 20 heavy (non-hydrogen) atoms. The molecule has 0 aliphatic carbocycles. The fourth-order valence-electron chi connectivity index (χ4n) is 1.63. The van der Waals surface area contributed by atoms with Gasteiger partial charge in [0.1, 0.15) is 17.2 Å². The lowest BCUT2D eigenvalue weighted by Gasteiger charge is -2.16. The maximum atomic E-state index is 11.0. The monoisotopic (exact) mass is 274 g/mol. The molecular weight excluding hydrogens is 260 g/mol. The first kappa shape index (κ1) is 13.5. The first-order chi connectivity index (χ1) is 9.47. The van der Waals surface area contributed by atoms with E-state index in [2.05, 4.69) is 0 Å². The molecule has 2 aromatic carbocycles. The molecule has 0 fully saturated rings. The minimum Gasteiger partial charge on any atom is -0.508 e. The fourth-order valence-corrected chi connectivity index (χ4v) is 1.63. The van der Waals surface area contributed by atoms with E-state index in [-0.39, 0.29) is 5.75 Å². The van der Waals surface area contributed by atoms with E-state index < -0.39 is 6.09 Å². The summed E-state index contributed by atoms with van der Waals surface area (Å²) in [6.07, 6.45) is -1.11. The summed E-state index contributed by atoms with van der Waals surface area (Å²) in [7, 11) is 1.40. The van der Waals surface area contributed by atoms with Gasteiger partial charge in [0.25, 0.3) is 0 Å². The molecule has 0 unspecified atom stereocenters. The van der Waals surface area contributed by atoms with Gasteiger partial charge in [-0.05, 0) is 36.4 Å². The average molecular weight is 274 g/mol. The molecule has 0 aliphatic heterocycles. The van der Waals surface area contributed by atoms with E-state index in [1.54, 1.807) is 24.3 Å². The summed E-state index contributed by atoms with van der Waals surface area (Å²) in [5, 5.41) is 18.2. The maximum Gasteiger partial charge on any atom is 0.411 e. The molecule has 0 saturated heterocycles. The molecule has 0 aliphatic rings. The van der Waals surface area contributed by atoms with Crippen LogP contribution in [0.25, 0.3) is 0 Å². The van der Waals surface area contributed by atoms with Gasteiger partial charge in [0.2, 0.25) is 0 Å². The van der Waals surface area contributed by atoms with Crippen LogP contribution in [0.3, 0.4) is 0 Å². The molecule has 0 heterocycles. The Kier molecular flexibility index (Phi) is 3.65. The Morgan fingerprint density at radius 3 is 2.35 bits per heavy atom. The van der Waals surface area contributed by atoms with Gasteiger partial charge < -0.3 is 20.7 Å². The Labute approximate surface area is 115 Å². The lowest BCUT2D eigenvalue weighted by Crippen LogP contribution is -2.24. The third-order valence-corrected chi connectivity index (χ3v) is 2.72. The zero-order valence-electron chi connectivity index (χ0n) is 10.8. The molecule has 0 radical (unpaired) electrons. The predicted molar refractivity (Wildman–Crippen MR) is 75.5 cm³/mol. The third kappa shape index (κ3) is 2.92. The van der Waals surface area contributed by atoms with Crippen LogP contribution in [0.4, 0.5) is 16.2 Å². The molecule has 1 amide bonds. The molecular formula is C14H14N2O4. The minimum atomic E-state index is -1.11. The standard InChI is InChI=1S/C14H14N2O4/c1-16(14(18)19)13-8-11(6-7-12(13)15)20-10-4-2-9(17)3-5-10/h2-8,17H,15H2,1H3,(H,18,19). The molecule has 2 rings (SSSR count). The molecule has 0 aromatic heterocycles. The number of phenolic OH excluding ortho intramolecular Hbond substituents is 1. The van der Waals surface area contributed by atoms with E-state index in [9.17, 15) is 9.90 Å². The summed E-state index contributed by atoms with van der Waals surface area (Å²) in [5.74, 6) is 1.12. The number of nitrogens with two attached hydrogens (primary N) is 1. The number of benzene rings is 2. The van der Waals surface area contributed by atoms with Crippen molar-refractivity contribution in [3.63, 3.8) is 0 Å². The number of anilines is 2. The van der Waals surface area contributed by atoms with E-state index in [1.165, 1.54) is 25.2 Å². The van der Waals surface area contributed by atoms with E-state index in [0.29, 0.717) is 22.9 Å². The summed E-state index contributed by atoms with van der Waals surface area (Å²) >= 11 is 0. The van der Waals surface area contributed by atoms with Gasteiger partial charge in [0, 0.05) is 13.1 Å². The predicted octanol–water partition coefficient (Wildman–Crippen LogP) is 2.88. The average Bonchev–Trinajstić information content (AvgIpc) is 2.42. The Balaban J connectivity index is 2.27. The van der Waals surface area contributed by atoms with Gasteiger partial charge in [-0.2, -0.15) is 0 Å². The number of carboxylic acid groups (broad SMARTS) is 1. The first-order valence-electron chi connectivity index (χ1n) is 5.80. The smallest absolute Gasteiger partial charge is 0.411 e. The van der Waals surface area contributed by atoms with Crippen molar-refractivity contribution in [3.8, 4) is 17.2 Å². The van der Waals surface area contributed by atoms with Crippen LogP contribution in [0.1, 0.15) is 0 Å². The summed E-state index contributed by atoms with van der Waals surface area (Å²) in [6, 6.07) is 11.0. The number of carbonyl (C=O) groups is 1. The normalized spacial score (nSPS) is 10.1. The quantitative estimate of drug-likeness (QED) is 0.748. The molecule has 104 valence electrons. The summed E-state index contributed by atoms with van der Waals surface area (Å²) < 4.78 is 5.57. The second-order valence-corrected chi connectivity index (χ2v) is 4.16. The summed E-state index contributed by atoms with van der Waals surface area (Å²) in [5.41, 5.74) is 6.43. The number of rotatable bonds is 3. The van der Waals surface area contributed by atoms with Crippen LogP contribution in [0.2, 0.25) is 0 Å². The van der Waals surface area contributed by atoms with Crippen molar-refractivity contribution in [3.05, 3.63) is 42.5 Å². The molecule has 6 nitrogen and oxygen atoms in total. The Hall–Kier alpha value is -2.89. The molecule has 4 N–H and O–H groups in total. The topological polar surface area (TPSA) is 96.0 Å². The van der Waals surface area contributed by atoms with Crippen molar-refractivity contribution in [1.29, 1.82) is 0 Å². The number of phenols is 1. The molecule has 0 atom stereocenters. The van der Waals surface area contributed by atoms with Gasteiger partial charge in [0.15, 0.2) is 0 Å². The number of hydrogen-bond donors (Lipinski definition) is 3. The van der Waals surface area contributed by atoms with Gasteiger partial charge in [-0.1, -0.05) is 0 Å². The van der Waals surface area contributed by atoms with Gasteiger partial charge in [-0.3, -0.25) is 4.90 Å². The molecule has 2 aromatic rings. The third-order valence-electron chi connectivity index (χ3n) is 2.72. The maximum absolute atomic E-state index is 11.0. The van der Waals surface area contributed by atoms with Crippen LogP contribution in [0.5, 0.6) is 17.2 Å². The molecule has 0 bridgehead atoms. The Morgan fingerprint density at radius 1 is 1.15 bits per heavy atom. The van der Waals surface area contributed by atoms with Crippen molar-refractivity contribution in [2.75, 3.05) is 17.7 Å². The van der Waals surface area contributed by atoms with Crippen molar-refractivity contribution in [2.24, 2.45) is 0 Å². The highest BCUT2D eigenvalue weighted by molar-refractivity contribution is 5.90. The molecule has 6 heteroatoms. The van der Waals surface area contributed by atoms with Gasteiger partial charge in [-0.15, -0.1) is 0 Å². The second-order valence-electron chi connectivity index (χ2n) is 4.16. The first-order valence-corrected chi connectivity index (χ1v) is 5.80. The highest BCUT2D eigenvalue weighted by Gasteiger charge is 2.13. The number of ether oxygens (including phenoxy) is 1. The zero-order valence-corrected chi connectivity index (χ0v) is 10.8. The molecule has 0 saturated carbocycles. The van der Waals surface area contributed by atoms with Crippen molar-refractivity contribution in [1.82, 2.24) is 0 Å². The number of aromatic hydroxyl groups is 1. The van der Waals surface area contributed by atoms with E-state index in [0.717, 1.165) is 4.90 Å². The SMILES string of the molecule is CN(C(=O)O)c1cc(Oc2ccc(O)cc2)ccc1N. The van der Waals surface area contributed by atoms with Crippen LogP contribution in [0, 0.1) is 0 Å². The molecule has 0 spiro atoms. The van der Waals surface area contributed by atoms with Crippen molar-refractivity contribution >= 4 is 17.5 Å². The summed E-state index contributed by atoms with van der Waals surface area (Å²) in [4.78, 5) is 12.0. The minimum absolute atomic E-state index is 0.140. The van der Waals surface area contributed by atoms with E-state index in [4.69, 9.17) is 15.6 Å². The number of amides is 1. The van der Waals surface area contributed by atoms with Crippen molar-refractivity contribution < 1.29 is 19.7 Å². The second kappa shape index (κ2) is 5.40. The van der Waals surface area contributed by atoms with Crippen molar-refractivity contribution in [2.45, 2.75) is 0 Å². The number of hydrogen-bond acceptors (Lipinski definition) is 4. The van der Waals surface area contributed by atoms with Gasteiger partial charge >= 0.3 is 6.09 Å². The van der Waals surface area contributed by atoms with Crippen LogP contribution < -0.4 is 15.4 Å². The van der Waals surface area contributed by atoms with Crippen LogP contribution in [0.15, 0.2) is 42.5 Å². The zero-order chi connectivity index (χ0) is 14.7. The van der Waals surface area contributed by atoms with Gasteiger partial charge in [-0.25, -0.2) is 4.79 Å². The summed E-state index contributed by atoms with van der Waals surface area (Å²) in [6.45, 7) is 0. The highest BCUT2D eigenvalue weighted by Crippen LogP contribution is 2.30. The van der Waals surface area contributed by atoms with Crippen LogP contribution >= 0.6 is 0 Å². The highest BCUT2D eigenvalue weighted by atomic mass is 16.5. The van der Waals surface area contributed by atoms with E-state index >= 15 is 0 Å². The lowest BCUT2D eigenvalue weighted by molar-refractivity contribution is 0.203. The van der Waals surface area contributed by atoms with E-state index in [1.807, 2.05) is 0 Å². The Bertz CT molecular complexity index is 626. The Morgan fingerprint density at radius 2 is 1.75 bits per heavy atom. The number of nitrogen functional groups attached to an aromatic ring is 1. The van der Waals surface area contributed by atoms with Crippen LogP contribution in [-0.2, 0) is 0 Å².